The van der Waals surface area contributed by atoms with Gasteiger partial charge in [-0.1, -0.05) is 89.0 Å². The van der Waals surface area contributed by atoms with Crippen molar-refractivity contribution in [3.8, 4) is 6.07 Å². The van der Waals surface area contributed by atoms with Crippen LogP contribution in [-0.2, 0) is 39.0 Å². The van der Waals surface area contributed by atoms with Gasteiger partial charge in [0.15, 0.2) is 0 Å². The van der Waals surface area contributed by atoms with Crippen LogP contribution in [0.4, 0.5) is 11.4 Å². The van der Waals surface area contributed by atoms with Gasteiger partial charge in [0, 0.05) is 66.2 Å². The third kappa shape index (κ3) is 9.68. The summed E-state index contributed by atoms with van der Waals surface area (Å²) in [6.07, 6.45) is 0.659. The Balaban J connectivity index is 0.000000182. The molecule has 16 heteroatoms. The molecule has 2 aliphatic rings. The van der Waals surface area contributed by atoms with Crippen molar-refractivity contribution < 1.29 is 24.4 Å². The summed E-state index contributed by atoms with van der Waals surface area (Å²) in [5.74, 6) is -0.542. The molecule has 0 unspecified atom stereocenters. The number of anilines is 2. The standard InChI is InChI=1S/C22H19ClN4O3S.C22H16ClN3O2S/c23-19-8-7-18(31-19)21(28)25-17-6-2-5-15-16(17)12-27(22(15)29)11-14-4-1-3-13(9-14)10-20(24)26-30;23-20-8-7-19(29-20)21(27)25-18-6-2-5-16-17(18)13-26(22(16)28)12-15-4-1-3-14(11-15)9-10-24/h1-9,30H,10-12H2,(H2,24,26)(H,25,28);1-8,11H,9,12-13H2,(H,25,27). The molecule has 60 heavy (non-hydrogen) atoms. The molecule has 4 amide bonds. The van der Waals surface area contributed by atoms with Crippen LogP contribution in [0, 0.1) is 11.3 Å². The van der Waals surface area contributed by atoms with Crippen molar-refractivity contribution in [2.75, 3.05) is 10.6 Å². The number of fused-ring (bicyclic) bond motifs is 2. The van der Waals surface area contributed by atoms with Crippen molar-refractivity contribution in [2.24, 2.45) is 10.9 Å². The van der Waals surface area contributed by atoms with Crippen LogP contribution >= 0.6 is 45.9 Å². The maximum atomic E-state index is 12.9. The normalized spacial score (nSPS) is 13.0. The van der Waals surface area contributed by atoms with Gasteiger partial charge in [-0.25, -0.2) is 0 Å². The quantitative estimate of drug-likeness (QED) is 0.0434. The first-order chi connectivity index (χ1) is 29.0. The van der Waals surface area contributed by atoms with Crippen LogP contribution in [0.1, 0.15) is 73.4 Å². The monoisotopic (exact) mass is 875 g/mol. The van der Waals surface area contributed by atoms with E-state index in [0.717, 1.165) is 33.4 Å². The van der Waals surface area contributed by atoms with Crippen molar-refractivity contribution in [1.82, 2.24) is 9.80 Å². The van der Waals surface area contributed by atoms with Gasteiger partial charge < -0.3 is 31.4 Å². The zero-order valence-corrected chi connectivity index (χ0v) is 34.8. The Morgan fingerprint density at radius 1 is 0.700 bits per heavy atom. The number of oxime groups is 1. The third-order valence-corrected chi connectivity index (χ3v) is 12.2. The fourth-order valence-corrected chi connectivity index (χ4v) is 8.84. The Morgan fingerprint density at radius 3 is 1.60 bits per heavy atom. The number of nitrogens with one attached hydrogen (secondary N) is 2. The van der Waals surface area contributed by atoms with Crippen molar-refractivity contribution in [2.45, 2.75) is 39.0 Å². The molecule has 8 rings (SSSR count). The molecule has 0 fully saturated rings. The molecule has 6 aromatic rings. The zero-order valence-electron chi connectivity index (χ0n) is 31.7. The van der Waals surface area contributed by atoms with Gasteiger partial charge in [-0.2, -0.15) is 5.26 Å². The number of hydrogen-bond donors (Lipinski definition) is 4. The first-order valence-corrected chi connectivity index (χ1v) is 20.8. The Bertz CT molecular complexity index is 2710. The molecule has 2 aromatic heterocycles. The number of thiophene rings is 2. The van der Waals surface area contributed by atoms with Crippen LogP contribution in [0.15, 0.2) is 114 Å². The predicted octanol–water partition coefficient (Wildman–Crippen LogP) is 8.97. The summed E-state index contributed by atoms with van der Waals surface area (Å²) in [5.41, 5.74) is 13.3. The van der Waals surface area contributed by atoms with Crippen molar-refractivity contribution in [3.63, 3.8) is 0 Å². The Labute approximate surface area is 363 Å². The summed E-state index contributed by atoms with van der Waals surface area (Å²) in [5, 5.41) is 26.5. The Hall–Kier alpha value is -6.50. The number of rotatable bonds is 11. The number of carbonyl (C=O) groups is 4. The lowest BCUT2D eigenvalue weighted by Crippen LogP contribution is -2.23. The van der Waals surface area contributed by atoms with E-state index < -0.39 is 0 Å². The summed E-state index contributed by atoms with van der Waals surface area (Å²) >= 11 is 14.3. The number of hydrogen-bond acceptors (Lipinski definition) is 9. The van der Waals surface area contributed by atoms with E-state index in [1.54, 1.807) is 70.5 Å². The second kappa shape index (κ2) is 18.6. The Morgan fingerprint density at radius 2 is 1.15 bits per heavy atom. The molecular formula is C44H35Cl2N7O5S2. The van der Waals surface area contributed by atoms with Crippen LogP contribution in [0.25, 0.3) is 0 Å². The van der Waals surface area contributed by atoms with Gasteiger partial charge in [0.05, 0.1) is 30.9 Å². The van der Waals surface area contributed by atoms with Gasteiger partial charge in [-0.05, 0) is 70.8 Å². The van der Waals surface area contributed by atoms with E-state index in [1.807, 2.05) is 48.5 Å². The molecule has 2 aliphatic heterocycles. The molecule has 0 saturated carbocycles. The first kappa shape index (κ1) is 41.7. The second-order valence-corrected chi connectivity index (χ2v) is 17.3. The minimum Gasteiger partial charge on any atom is -0.409 e. The lowest BCUT2D eigenvalue weighted by Gasteiger charge is -2.16. The number of halogens is 2. The van der Waals surface area contributed by atoms with Gasteiger partial charge in [0.1, 0.15) is 5.84 Å². The zero-order chi connectivity index (χ0) is 42.3. The lowest BCUT2D eigenvalue weighted by atomic mass is 10.1. The summed E-state index contributed by atoms with van der Waals surface area (Å²) in [6, 6.07) is 34.8. The van der Waals surface area contributed by atoms with Crippen molar-refractivity contribution >= 4 is 86.7 Å². The average molecular weight is 877 g/mol. The minimum atomic E-state index is -0.257. The van der Waals surface area contributed by atoms with Gasteiger partial charge in [-0.15, -0.1) is 22.7 Å². The van der Waals surface area contributed by atoms with E-state index in [4.69, 9.17) is 39.4 Å². The number of nitrogens with two attached hydrogens (primary N) is 1. The number of amides is 4. The van der Waals surface area contributed by atoms with E-state index in [2.05, 4.69) is 21.9 Å². The maximum Gasteiger partial charge on any atom is 0.265 e. The number of carbonyl (C=O) groups excluding carboxylic acids is 4. The van der Waals surface area contributed by atoms with Crippen molar-refractivity contribution in [3.05, 3.63) is 172 Å². The van der Waals surface area contributed by atoms with Gasteiger partial charge in [0.2, 0.25) is 0 Å². The highest BCUT2D eigenvalue weighted by molar-refractivity contribution is 7.18. The molecule has 302 valence electrons. The highest BCUT2D eigenvalue weighted by Gasteiger charge is 2.31. The van der Waals surface area contributed by atoms with E-state index in [1.165, 1.54) is 22.7 Å². The lowest BCUT2D eigenvalue weighted by molar-refractivity contribution is 0.0759. The molecule has 12 nitrogen and oxygen atoms in total. The smallest absolute Gasteiger partial charge is 0.265 e. The third-order valence-electron chi connectivity index (χ3n) is 9.70. The molecule has 0 radical (unpaired) electrons. The Kier molecular flexibility index (Phi) is 12.9. The molecule has 4 aromatic carbocycles. The summed E-state index contributed by atoms with van der Waals surface area (Å²) in [4.78, 5) is 55.3. The number of benzene rings is 4. The summed E-state index contributed by atoms with van der Waals surface area (Å²) in [7, 11) is 0. The fourth-order valence-electron chi connectivity index (χ4n) is 6.96. The molecular weight excluding hydrogens is 842 g/mol. The summed E-state index contributed by atoms with van der Waals surface area (Å²) in [6.45, 7) is 1.66. The SMILES string of the molecule is N#CCc1cccc(CN2Cc3c(NC(=O)c4ccc(Cl)s4)cccc3C2=O)c1.N/C(Cc1cccc(CN2Cc3c(NC(=O)c4ccc(Cl)s4)cccc3C2=O)c1)=N\O. The first-order valence-electron chi connectivity index (χ1n) is 18.4. The van der Waals surface area contributed by atoms with E-state index in [9.17, 15) is 19.2 Å². The second-order valence-electron chi connectivity index (χ2n) is 13.8. The van der Waals surface area contributed by atoms with Crippen LogP contribution < -0.4 is 16.4 Å². The van der Waals surface area contributed by atoms with Gasteiger partial charge in [0.25, 0.3) is 23.6 Å². The average Bonchev–Trinajstić information content (AvgIpc) is 4.03. The van der Waals surface area contributed by atoms with Crippen molar-refractivity contribution in [1.29, 1.82) is 5.26 Å². The highest BCUT2D eigenvalue weighted by atomic mass is 35.5. The predicted molar refractivity (Wildman–Crippen MR) is 234 cm³/mol. The molecule has 4 heterocycles. The maximum absolute atomic E-state index is 12.9. The molecule has 0 atom stereocenters. The van der Waals surface area contributed by atoms with E-state index in [0.29, 0.717) is 79.9 Å². The molecule has 0 saturated heterocycles. The molecule has 0 aliphatic carbocycles. The minimum absolute atomic E-state index is 0.0686. The number of amidine groups is 1. The van der Waals surface area contributed by atoms with Crippen LogP contribution in [0.5, 0.6) is 0 Å². The molecule has 0 bridgehead atoms. The largest absolute Gasteiger partial charge is 0.409 e. The molecule has 0 spiro atoms. The molecule has 5 N–H and O–H groups in total. The van der Waals surface area contributed by atoms with E-state index >= 15 is 0 Å². The van der Waals surface area contributed by atoms with Crippen LogP contribution in [0.3, 0.4) is 0 Å². The number of nitriles is 1. The highest BCUT2D eigenvalue weighted by Crippen LogP contribution is 2.33. The topological polar surface area (TPSA) is 181 Å². The summed E-state index contributed by atoms with van der Waals surface area (Å²) < 4.78 is 1.09. The van der Waals surface area contributed by atoms with Gasteiger partial charge in [-0.3, -0.25) is 19.2 Å². The van der Waals surface area contributed by atoms with Gasteiger partial charge >= 0.3 is 0 Å². The van der Waals surface area contributed by atoms with Crippen LogP contribution in [0.2, 0.25) is 8.67 Å². The van der Waals surface area contributed by atoms with Crippen LogP contribution in [-0.4, -0.2) is 44.5 Å². The van der Waals surface area contributed by atoms with E-state index in [-0.39, 0.29) is 29.5 Å². The number of nitrogens with zero attached hydrogens (tertiary/aromatic N) is 4. The fraction of sp³-hybridized carbons (Fsp3) is 0.136.